The lowest BCUT2D eigenvalue weighted by Gasteiger charge is -2.31. The Morgan fingerprint density at radius 3 is 2.45 bits per heavy atom. The highest BCUT2D eigenvalue weighted by Gasteiger charge is 2.33. The van der Waals surface area contributed by atoms with Crippen molar-refractivity contribution in [2.24, 2.45) is 0 Å². The van der Waals surface area contributed by atoms with Gasteiger partial charge in [-0.2, -0.15) is 0 Å². The Balaban J connectivity index is 1.27. The Bertz CT molecular complexity index is 1480. The summed E-state index contributed by atoms with van der Waals surface area (Å²) in [5.74, 6) is -1.15. The summed E-state index contributed by atoms with van der Waals surface area (Å²) in [6.07, 6.45) is 9.07. The monoisotopic (exact) mass is 544 g/mol. The molecular formula is C33H34F2N2O3. The lowest BCUT2D eigenvalue weighted by atomic mass is 9.94. The summed E-state index contributed by atoms with van der Waals surface area (Å²) in [4.78, 5) is 14.0. The molecule has 7 heteroatoms. The van der Waals surface area contributed by atoms with Gasteiger partial charge in [-0.25, -0.2) is 13.6 Å². The summed E-state index contributed by atoms with van der Waals surface area (Å²) < 4.78 is 34.7. The zero-order valence-electron chi connectivity index (χ0n) is 23.0. The van der Waals surface area contributed by atoms with Crippen LogP contribution in [0.1, 0.15) is 74.3 Å². The van der Waals surface area contributed by atoms with Crippen LogP contribution in [0.5, 0.6) is 0 Å². The van der Waals surface area contributed by atoms with Gasteiger partial charge in [0.25, 0.3) is 0 Å². The van der Waals surface area contributed by atoms with E-state index in [4.69, 9.17) is 4.52 Å². The van der Waals surface area contributed by atoms with Gasteiger partial charge in [-0.3, -0.25) is 0 Å². The van der Waals surface area contributed by atoms with Gasteiger partial charge < -0.3 is 14.5 Å². The Morgan fingerprint density at radius 1 is 1.15 bits per heavy atom. The normalized spacial score (nSPS) is 15.8. The Kier molecular flexibility index (Phi) is 8.01. The van der Waals surface area contributed by atoms with Crippen LogP contribution < -0.4 is 4.90 Å². The van der Waals surface area contributed by atoms with Gasteiger partial charge in [-0.15, -0.1) is 0 Å². The highest BCUT2D eigenvalue weighted by atomic mass is 19.1. The van der Waals surface area contributed by atoms with E-state index >= 15 is 0 Å². The van der Waals surface area contributed by atoms with E-state index in [2.05, 4.69) is 22.7 Å². The number of benzene rings is 2. The number of piperidine rings is 1. The smallest absolute Gasteiger partial charge is 0.335 e. The van der Waals surface area contributed by atoms with Gasteiger partial charge in [-0.05, 0) is 87.8 Å². The molecule has 5 rings (SSSR count). The minimum atomic E-state index is -0.952. The molecule has 0 bridgehead atoms. The lowest BCUT2D eigenvalue weighted by molar-refractivity contribution is -0.130. The first-order chi connectivity index (χ1) is 19.3. The maximum Gasteiger partial charge on any atom is 0.335 e. The quantitative estimate of drug-likeness (QED) is 0.217. The largest absolute Gasteiger partial charge is 0.478 e. The summed E-state index contributed by atoms with van der Waals surface area (Å²) in [6, 6.07) is 9.76. The third-order valence-electron chi connectivity index (χ3n) is 7.84. The van der Waals surface area contributed by atoms with E-state index in [1.807, 2.05) is 25.1 Å². The molecule has 3 aromatic rings. The molecule has 1 aromatic heterocycles. The first-order valence-corrected chi connectivity index (χ1v) is 13.8. The van der Waals surface area contributed by atoms with E-state index in [1.165, 1.54) is 23.8 Å². The highest BCUT2D eigenvalue weighted by Crippen LogP contribution is 2.45. The predicted octanol–water partition coefficient (Wildman–Crippen LogP) is 8.18. The molecule has 0 amide bonds. The average Bonchev–Trinajstić information content (AvgIpc) is 3.70. The van der Waals surface area contributed by atoms with Gasteiger partial charge in [-0.1, -0.05) is 47.2 Å². The van der Waals surface area contributed by atoms with Crippen LogP contribution in [-0.2, 0) is 11.2 Å². The number of hydrogen-bond donors (Lipinski definition) is 1. The Morgan fingerprint density at radius 2 is 1.85 bits per heavy atom. The van der Waals surface area contributed by atoms with Gasteiger partial charge in [0.2, 0.25) is 0 Å². The molecule has 1 N–H and O–H groups in total. The fourth-order valence-corrected chi connectivity index (χ4v) is 5.54. The fraction of sp³-hybridized carbons (Fsp3) is 0.333. The van der Waals surface area contributed by atoms with Crippen LogP contribution in [0.2, 0.25) is 0 Å². The molecule has 2 aromatic carbocycles. The zero-order chi connectivity index (χ0) is 28.4. The average molecular weight is 545 g/mol. The molecule has 0 atom stereocenters. The number of aliphatic carboxylic acids is 1. The standard InChI is InChI=1S/C33H34F2N2O3/c1-4-24(33(38)39)25-14-13-23(19-27(25)20(2)3)37-17-15-21(16-18-37)7-5-8-26-31(36-40-32(26)22-11-12-22)30-28(34)9-6-10-29(30)35/h4,6-7,9-10,13-14,19,22H,2,5,8,11-12,15-18H2,1,3H3,(H,38,39)/b24-4+. The van der Waals surface area contributed by atoms with Crippen molar-refractivity contribution in [3.63, 3.8) is 0 Å². The van der Waals surface area contributed by atoms with E-state index in [0.717, 1.165) is 73.3 Å². The second kappa shape index (κ2) is 11.6. The summed E-state index contributed by atoms with van der Waals surface area (Å²) in [5, 5.41) is 13.7. The van der Waals surface area contributed by atoms with E-state index in [0.29, 0.717) is 12.0 Å². The minimum Gasteiger partial charge on any atom is -0.478 e. The number of halogens is 2. The van der Waals surface area contributed by atoms with Crippen LogP contribution >= 0.6 is 0 Å². The summed E-state index contributed by atoms with van der Waals surface area (Å²) in [6.45, 7) is 9.39. The van der Waals surface area contributed by atoms with Crippen molar-refractivity contribution in [3.05, 3.63) is 94.8 Å². The molecule has 0 spiro atoms. The highest BCUT2D eigenvalue weighted by molar-refractivity contribution is 6.16. The molecule has 208 valence electrons. The third kappa shape index (κ3) is 5.64. The van der Waals surface area contributed by atoms with Crippen LogP contribution in [0.15, 0.2) is 65.2 Å². The Labute approximate surface area is 233 Å². The molecule has 2 fully saturated rings. The van der Waals surface area contributed by atoms with Crippen LogP contribution in [0.25, 0.3) is 22.4 Å². The van der Waals surface area contributed by atoms with E-state index in [9.17, 15) is 18.7 Å². The second-order valence-electron chi connectivity index (χ2n) is 10.7. The molecule has 0 radical (unpaired) electrons. The number of allylic oxidation sites excluding steroid dienone is 3. The summed E-state index contributed by atoms with van der Waals surface area (Å²) in [5.41, 5.74) is 6.01. The van der Waals surface area contributed by atoms with Crippen molar-refractivity contribution in [1.82, 2.24) is 5.16 Å². The first-order valence-electron chi connectivity index (χ1n) is 13.8. The minimum absolute atomic E-state index is 0.112. The molecule has 2 aliphatic rings. The maximum absolute atomic E-state index is 14.5. The van der Waals surface area contributed by atoms with Gasteiger partial charge in [0.05, 0.1) is 11.1 Å². The number of carboxylic acid groups (broad SMARTS) is 1. The predicted molar refractivity (Wildman–Crippen MR) is 154 cm³/mol. The van der Waals surface area contributed by atoms with Crippen LogP contribution in [-0.4, -0.2) is 29.3 Å². The van der Waals surface area contributed by atoms with Gasteiger partial charge in [0.15, 0.2) is 0 Å². The molecule has 1 aliphatic heterocycles. The van der Waals surface area contributed by atoms with Gasteiger partial charge in [0, 0.05) is 30.3 Å². The maximum atomic E-state index is 14.5. The second-order valence-corrected chi connectivity index (χ2v) is 10.7. The molecule has 1 saturated carbocycles. The van der Waals surface area contributed by atoms with E-state index < -0.39 is 17.6 Å². The fourth-order valence-electron chi connectivity index (χ4n) is 5.54. The number of hydrogen-bond acceptors (Lipinski definition) is 4. The molecular weight excluding hydrogens is 510 g/mol. The molecule has 1 saturated heterocycles. The molecule has 2 heterocycles. The zero-order valence-corrected chi connectivity index (χ0v) is 23.0. The molecule has 40 heavy (non-hydrogen) atoms. The molecule has 1 aliphatic carbocycles. The van der Waals surface area contributed by atoms with E-state index in [-0.39, 0.29) is 22.7 Å². The van der Waals surface area contributed by atoms with Crippen molar-refractivity contribution < 1.29 is 23.2 Å². The first kappa shape index (κ1) is 27.6. The van der Waals surface area contributed by atoms with Crippen LogP contribution in [0.3, 0.4) is 0 Å². The third-order valence-corrected chi connectivity index (χ3v) is 7.84. The number of aromatic nitrogens is 1. The number of rotatable bonds is 9. The van der Waals surface area contributed by atoms with Gasteiger partial charge in [0.1, 0.15) is 23.1 Å². The molecule has 5 nitrogen and oxygen atoms in total. The SMILES string of the molecule is C=C(C)c1cc(N2CCC(=CCCc3c(-c4c(F)cccc4F)noc3C3CC3)CC2)ccc1/C(=C\C)C(=O)O. The number of carbonyl (C=O) groups is 1. The summed E-state index contributed by atoms with van der Waals surface area (Å²) >= 11 is 0. The Hall–Kier alpha value is -4.00. The van der Waals surface area contributed by atoms with E-state index in [1.54, 1.807) is 13.0 Å². The number of carboxylic acids is 1. The number of anilines is 1. The van der Waals surface area contributed by atoms with Crippen molar-refractivity contribution in [2.45, 2.75) is 58.3 Å². The lowest BCUT2D eigenvalue weighted by Crippen LogP contribution is -2.30. The van der Waals surface area contributed by atoms with Crippen molar-refractivity contribution >= 4 is 22.8 Å². The number of nitrogens with zero attached hydrogens (tertiary/aromatic N) is 2. The molecule has 0 unspecified atom stereocenters. The summed E-state index contributed by atoms with van der Waals surface area (Å²) in [7, 11) is 0. The van der Waals surface area contributed by atoms with Crippen molar-refractivity contribution in [3.8, 4) is 11.3 Å². The van der Waals surface area contributed by atoms with Crippen molar-refractivity contribution in [2.75, 3.05) is 18.0 Å². The van der Waals surface area contributed by atoms with Crippen molar-refractivity contribution in [1.29, 1.82) is 0 Å². The van der Waals surface area contributed by atoms with Crippen LogP contribution in [0.4, 0.5) is 14.5 Å². The van der Waals surface area contributed by atoms with Gasteiger partial charge >= 0.3 is 5.97 Å². The van der Waals surface area contributed by atoms with Crippen LogP contribution in [0, 0.1) is 11.6 Å². The topological polar surface area (TPSA) is 66.6 Å².